The van der Waals surface area contributed by atoms with Gasteiger partial charge in [-0.3, -0.25) is 4.79 Å². The van der Waals surface area contributed by atoms with Crippen LogP contribution in [0.25, 0.3) is 0 Å². The monoisotopic (exact) mass is 266 g/mol. The first-order valence-electron chi connectivity index (χ1n) is 6.40. The maximum absolute atomic E-state index is 11.5. The van der Waals surface area contributed by atoms with Crippen LogP contribution >= 0.6 is 0 Å². The predicted molar refractivity (Wildman–Crippen MR) is 72.4 cm³/mol. The van der Waals surface area contributed by atoms with Crippen LogP contribution in [0.5, 0.6) is 0 Å². The number of benzene rings is 1. The summed E-state index contributed by atoms with van der Waals surface area (Å²) < 4.78 is 5.05. The van der Waals surface area contributed by atoms with E-state index in [2.05, 4.69) is 0 Å². The summed E-state index contributed by atoms with van der Waals surface area (Å²) in [6, 6.07) is 8.92. The number of esters is 1. The Hall–Kier alpha value is -1.39. The van der Waals surface area contributed by atoms with Gasteiger partial charge in [0, 0.05) is 6.42 Å². The number of aliphatic hydroxyl groups excluding tert-OH is 2. The molecule has 0 amide bonds. The molecule has 0 saturated carbocycles. The first-order valence-corrected chi connectivity index (χ1v) is 6.40. The van der Waals surface area contributed by atoms with Crippen LogP contribution in [-0.2, 0) is 9.53 Å². The molecule has 1 aromatic carbocycles. The van der Waals surface area contributed by atoms with E-state index in [9.17, 15) is 15.0 Å². The standard InChI is InChI=1S/C15H22O4/c1-15(2,3)14(18)19-10-9-12(16)13(17)11-7-5-4-6-8-11/h4-8,12-13,16-17H,9-10H2,1-3H3/t12-,13-/m0/s1. The minimum absolute atomic E-state index is 0.0984. The molecule has 0 bridgehead atoms. The number of hydrogen-bond donors (Lipinski definition) is 2. The molecule has 106 valence electrons. The fourth-order valence-corrected chi connectivity index (χ4v) is 1.52. The van der Waals surface area contributed by atoms with Crippen molar-refractivity contribution in [3.63, 3.8) is 0 Å². The maximum atomic E-state index is 11.5. The van der Waals surface area contributed by atoms with Crippen molar-refractivity contribution >= 4 is 5.97 Å². The summed E-state index contributed by atoms with van der Waals surface area (Å²) in [5, 5.41) is 19.8. The van der Waals surface area contributed by atoms with Crippen molar-refractivity contribution in [2.24, 2.45) is 5.41 Å². The molecule has 1 aromatic rings. The molecule has 0 heterocycles. The van der Waals surface area contributed by atoms with Crippen molar-refractivity contribution in [1.29, 1.82) is 0 Å². The highest BCUT2D eigenvalue weighted by Crippen LogP contribution is 2.19. The largest absolute Gasteiger partial charge is 0.465 e. The van der Waals surface area contributed by atoms with E-state index in [-0.39, 0.29) is 19.0 Å². The molecule has 0 saturated heterocycles. The number of ether oxygens (including phenoxy) is 1. The minimum Gasteiger partial charge on any atom is -0.465 e. The van der Waals surface area contributed by atoms with Crippen LogP contribution in [-0.4, -0.2) is 28.9 Å². The highest BCUT2D eigenvalue weighted by atomic mass is 16.5. The molecular weight excluding hydrogens is 244 g/mol. The number of aliphatic hydroxyl groups is 2. The zero-order valence-corrected chi connectivity index (χ0v) is 11.7. The van der Waals surface area contributed by atoms with Crippen LogP contribution in [0.1, 0.15) is 38.9 Å². The highest BCUT2D eigenvalue weighted by molar-refractivity contribution is 5.75. The molecule has 2 atom stereocenters. The highest BCUT2D eigenvalue weighted by Gasteiger charge is 2.24. The van der Waals surface area contributed by atoms with Crippen LogP contribution in [0, 0.1) is 5.41 Å². The summed E-state index contributed by atoms with van der Waals surface area (Å²) in [6.45, 7) is 5.40. The van der Waals surface area contributed by atoms with E-state index < -0.39 is 17.6 Å². The molecule has 0 aliphatic heterocycles. The Morgan fingerprint density at radius 2 is 1.79 bits per heavy atom. The van der Waals surface area contributed by atoms with Crippen LogP contribution in [0.3, 0.4) is 0 Å². The van der Waals surface area contributed by atoms with Gasteiger partial charge in [0.1, 0.15) is 6.10 Å². The van der Waals surface area contributed by atoms with Gasteiger partial charge in [-0.2, -0.15) is 0 Å². The lowest BCUT2D eigenvalue weighted by molar-refractivity contribution is -0.154. The van der Waals surface area contributed by atoms with Crippen molar-refractivity contribution in [3.8, 4) is 0 Å². The van der Waals surface area contributed by atoms with Crippen LogP contribution in [0.15, 0.2) is 30.3 Å². The van der Waals surface area contributed by atoms with Gasteiger partial charge < -0.3 is 14.9 Å². The van der Waals surface area contributed by atoms with E-state index in [1.54, 1.807) is 45.0 Å². The van der Waals surface area contributed by atoms with Gasteiger partial charge in [-0.1, -0.05) is 30.3 Å². The summed E-state index contributed by atoms with van der Waals surface area (Å²) in [5.74, 6) is -0.311. The van der Waals surface area contributed by atoms with E-state index >= 15 is 0 Å². The molecular formula is C15H22O4. The lowest BCUT2D eigenvalue weighted by Crippen LogP contribution is -2.26. The van der Waals surface area contributed by atoms with Gasteiger partial charge in [0.05, 0.1) is 18.1 Å². The average Bonchev–Trinajstić information content (AvgIpc) is 2.37. The Kier molecular flexibility index (Phi) is 5.51. The van der Waals surface area contributed by atoms with Crippen molar-refractivity contribution in [1.82, 2.24) is 0 Å². The third-order valence-electron chi connectivity index (χ3n) is 2.76. The smallest absolute Gasteiger partial charge is 0.311 e. The molecule has 0 spiro atoms. The average molecular weight is 266 g/mol. The maximum Gasteiger partial charge on any atom is 0.311 e. The fraction of sp³-hybridized carbons (Fsp3) is 0.533. The van der Waals surface area contributed by atoms with Crippen LogP contribution < -0.4 is 0 Å². The first kappa shape index (κ1) is 15.7. The second-order valence-electron chi connectivity index (χ2n) is 5.60. The Labute approximate surface area is 114 Å². The molecule has 2 N–H and O–H groups in total. The van der Waals surface area contributed by atoms with Crippen LogP contribution in [0.4, 0.5) is 0 Å². The van der Waals surface area contributed by atoms with Gasteiger partial charge in [-0.05, 0) is 26.3 Å². The molecule has 19 heavy (non-hydrogen) atoms. The molecule has 0 aromatic heterocycles. The van der Waals surface area contributed by atoms with Crippen molar-refractivity contribution in [2.45, 2.75) is 39.4 Å². The van der Waals surface area contributed by atoms with E-state index in [0.717, 1.165) is 0 Å². The topological polar surface area (TPSA) is 66.8 Å². The second kappa shape index (κ2) is 6.68. The van der Waals surface area contributed by atoms with Crippen molar-refractivity contribution in [3.05, 3.63) is 35.9 Å². The SMILES string of the molecule is CC(C)(C)C(=O)OCC[C@H](O)[C@@H](O)c1ccccc1. The summed E-state index contributed by atoms with van der Waals surface area (Å²) in [5.41, 5.74) is 0.0976. The third kappa shape index (κ3) is 5.01. The molecule has 0 unspecified atom stereocenters. The molecule has 4 heteroatoms. The lowest BCUT2D eigenvalue weighted by Gasteiger charge is -2.20. The molecule has 0 aliphatic carbocycles. The summed E-state index contributed by atoms with van der Waals surface area (Å²) in [6.07, 6.45) is -1.71. The molecule has 1 rings (SSSR count). The van der Waals surface area contributed by atoms with Gasteiger partial charge >= 0.3 is 5.97 Å². The molecule has 0 aliphatic rings. The Balaban J connectivity index is 2.40. The van der Waals surface area contributed by atoms with Gasteiger partial charge in [0.2, 0.25) is 0 Å². The van der Waals surface area contributed by atoms with Gasteiger partial charge in [0.25, 0.3) is 0 Å². The Bertz CT molecular complexity index is 394. The van der Waals surface area contributed by atoms with Gasteiger partial charge in [0.15, 0.2) is 0 Å². The predicted octanol–water partition coefficient (Wildman–Crippen LogP) is 2.06. The zero-order chi connectivity index (χ0) is 14.5. The molecule has 4 nitrogen and oxygen atoms in total. The Morgan fingerprint density at radius 3 is 2.32 bits per heavy atom. The molecule has 0 fully saturated rings. The summed E-state index contributed by atoms with van der Waals surface area (Å²) in [7, 11) is 0. The summed E-state index contributed by atoms with van der Waals surface area (Å²) >= 11 is 0. The zero-order valence-electron chi connectivity index (χ0n) is 11.7. The van der Waals surface area contributed by atoms with Crippen LogP contribution in [0.2, 0.25) is 0 Å². The van der Waals surface area contributed by atoms with Crippen molar-refractivity contribution < 1.29 is 19.7 Å². The lowest BCUT2D eigenvalue weighted by atomic mass is 9.97. The first-order chi connectivity index (χ1) is 8.82. The van der Waals surface area contributed by atoms with Gasteiger partial charge in [-0.25, -0.2) is 0 Å². The van der Waals surface area contributed by atoms with E-state index in [1.165, 1.54) is 0 Å². The number of rotatable bonds is 5. The third-order valence-corrected chi connectivity index (χ3v) is 2.76. The number of carbonyl (C=O) groups is 1. The van der Waals surface area contributed by atoms with E-state index in [0.29, 0.717) is 5.56 Å². The minimum atomic E-state index is -0.963. The second-order valence-corrected chi connectivity index (χ2v) is 5.60. The number of carbonyl (C=O) groups excluding carboxylic acids is 1. The number of hydrogen-bond acceptors (Lipinski definition) is 4. The van der Waals surface area contributed by atoms with Crippen molar-refractivity contribution in [2.75, 3.05) is 6.61 Å². The fourth-order valence-electron chi connectivity index (χ4n) is 1.52. The quantitative estimate of drug-likeness (QED) is 0.801. The normalized spacial score (nSPS) is 14.8. The summed E-state index contributed by atoms with van der Waals surface area (Å²) in [4.78, 5) is 11.5. The Morgan fingerprint density at radius 1 is 1.21 bits per heavy atom. The van der Waals surface area contributed by atoms with E-state index in [4.69, 9.17) is 4.74 Å². The van der Waals surface area contributed by atoms with E-state index in [1.807, 2.05) is 6.07 Å². The molecule has 0 radical (unpaired) electrons. The van der Waals surface area contributed by atoms with Gasteiger partial charge in [-0.15, -0.1) is 0 Å².